The molecule has 0 fully saturated rings. The van der Waals surface area contributed by atoms with Crippen LogP contribution >= 0.6 is 0 Å². The zero-order chi connectivity index (χ0) is 7.56. The average Bonchev–Trinajstić information content (AvgIpc) is 1.85. The molecule has 0 aromatic heterocycles. The van der Waals surface area contributed by atoms with Gasteiger partial charge in [0.25, 0.3) is 0 Å². The van der Waals surface area contributed by atoms with Crippen LogP contribution in [0.3, 0.4) is 0 Å². The van der Waals surface area contributed by atoms with Crippen molar-refractivity contribution in [3.05, 3.63) is 29.3 Å². The molecule has 3 nitrogen and oxygen atoms in total. The van der Waals surface area contributed by atoms with Gasteiger partial charge in [-0.15, -0.1) is 0 Å². The quantitative estimate of drug-likeness (QED) is 0.514. The van der Waals surface area contributed by atoms with Crippen molar-refractivity contribution in [2.45, 2.75) is 6.92 Å². The van der Waals surface area contributed by atoms with Crippen molar-refractivity contribution in [2.24, 2.45) is 0 Å². The van der Waals surface area contributed by atoms with Crippen molar-refractivity contribution < 1.29 is 14.6 Å². The first kappa shape index (κ1) is 6.78. The zero-order valence-corrected chi connectivity index (χ0v) is 5.80. The smallest absolute Gasteiger partial charge is 0.385 e. The van der Waals surface area contributed by atoms with Crippen molar-refractivity contribution in [3.63, 3.8) is 0 Å². The van der Waals surface area contributed by atoms with E-state index in [2.05, 4.69) is 10.5 Å². The van der Waals surface area contributed by atoms with Crippen molar-refractivity contribution in [1.29, 1.82) is 0 Å². The molecular weight excluding hydrogens is 132 g/mol. The second-order valence-corrected chi connectivity index (χ2v) is 1.84. The van der Waals surface area contributed by atoms with Crippen molar-refractivity contribution in [3.8, 4) is 0 Å². The Morgan fingerprint density at radius 2 is 2.40 bits per heavy atom. The van der Waals surface area contributed by atoms with E-state index in [4.69, 9.17) is 4.74 Å². The van der Waals surface area contributed by atoms with E-state index in [9.17, 15) is 5.11 Å². The molecule has 10 heavy (non-hydrogen) atoms. The molecule has 0 atom stereocenters. The minimum atomic E-state index is -0.503. The van der Waals surface area contributed by atoms with Crippen LogP contribution < -0.4 is 0 Å². The summed E-state index contributed by atoms with van der Waals surface area (Å²) in [6.07, 6.45) is 1.60. The molecule has 1 radical (unpaired) electrons. The standard InChI is InChI=1S/C7H7O3/c1-5-3-6(9-2)4-7(8)10-5/h3H,1-2H3. The summed E-state index contributed by atoms with van der Waals surface area (Å²) in [6, 6.07) is 0. The second kappa shape index (κ2) is 2.50. The van der Waals surface area contributed by atoms with Crippen LogP contribution in [0.2, 0.25) is 0 Å². The molecule has 0 saturated carbocycles. The molecule has 1 rings (SSSR count). The Balaban J connectivity index is 2.95. The van der Waals surface area contributed by atoms with Gasteiger partial charge in [0.2, 0.25) is 0 Å². The minimum absolute atomic E-state index is 0.411. The minimum Gasteiger partial charge on any atom is -0.489 e. The summed E-state index contributed by atoms with van der Waals surface area (Å²) in [5, 5.41) is 10.6. The molecule has 0 aromatic carbocycles. The summed E-state index contributed by atoms with van der Waals surface area (Å²) < 4.78 is 9.39. The molecular formula is C7H7O3. The number of allylic oxidation sites excluding steroid dienone is 2. The first-order chi connectivity index (χ1) is 4.72. The lowest BCUT2D eigenvalue weighted by Gasteiger charge is -2.05. The number of methoxy groups -OCH3 is 1. The van der Waals surface area contributed by atoms with Crippen LogP contribution in [0.5, 0.6) is 0 Å². The van der Waals surface area contributed by atoms with Gasteiger partial charge in [0.05, 0.1) is 7.11 Å². The van der Waals surface area contributed by atoms with Gasteiger partial charge in [-0.1, -0.05) is 0 Å². The molecule has 0 bridgehead atoms. The summed E-state index contributed by atoms with van der Waals surface area (Å²) in [5.41, 5.74) is 2.35. The van der Waals surface area contributed by atoms with E-state index in [0.29, 0.717) is 11.5 Å². The summed E-state index contributed by atoms with van der Waals surface area (Å²) in [5.74, 6) is 0.436. The Morgan fingerprint density at radius 1 is 1.70 bits per heavy atom. The number of ether oxygens (including phenoxy) is 2. The van der Waals surface area contributed by atoms with E-state index in [1.807, 2.05) is 0 Å². The fourth-order valence-corrected chi connectivity index (χ4v) is 0.632. The van der Waals surface area contributed by atoms with Crippen LogP contribution in [-0.4, -0.2) is 7.11 Å². The van der Waals surface area contributed by atoms with E-state index in [-0.39, 0.29) is 0 Å². The van der Waals surface area contributed by atoms with Gasteiger partial charge in [-0.25, -0.2) is 5.11 Å². The van der Waals surface area contributed by atoms with Crippen LogP contribution in [-0.2, 0) is 14.6 Å². The molecule has 0 aliphatic carbocycles. The van der Waals surface area contributed by atoms with E-state index < -0.39 is 5.95 Å². The van der Waals surface area contributed by atoms with Crippen molar-refractivity contribution in [1.82, 2.24) is 0 Å². The third-order valence-electron chi connectivity index (χ3n) is 1.03. The molecule has 0 unspecified atom stereocenters. The van der Waals surface area contributed by atoms with Gasteiger partial charge in [-0.05, 0) is 6.92 Å². The molecule has 1 aliphatic heterocycles. The van der Waals surface area contributed by atoms with Gasteiger partial charge in [0.1, 0.15) is 5.76 Å². The Morgan fingerprint density at radius 3 is 2.90 bits per heavy atom. The van der Waals surface area contributed by atoms with E-state index >= 15 is 0 Å². The molecule has 0 N–H and O–H groups in total. The summed E-state index contributed by atoms with van der Waals surface area (Å²) in [6.45, 7) is 1.68. The highest BCUT2D eigenvalue weighted by molar-refractivity contribution is 5.18. The van der Waals surface area contributed by atoms with E-state index in [1.54, 1.807) is 13.0 Å². The highest BCUT2D eigenvalue weighted by Gasteiger charge is 2.05. The molecule has 1 heterocycles. The second-order valence-electron chi connectivity index (χ2n) is 1.84. The van der Waals surface area contributed by atoms with Crippen LogP contribution in [0.4, 0.5) is 0 Å². The predicted octanol–water partition coefficient (Wildman–Crippen LogP) is 1.32. The monoisotopic (exact) mass is 139 g/mol. The van der Waals surface area contributed by atoms with Crippen LogP contribution in [0.1, 0.15) is 6.92 Å². The van der Waals surface area contributed by atoms with Gasteiger partial charge < -0.3 is 9.47 Å². The maximum absolute atomic E-state index is 10.6. The van der Waals surface area contributed by atoms with Crippen LogP contribution in [0.25, 0.3) is 0 Å². The first-order valence-electron chi connectivity index (χ1n) is 2.80. The molecule has 0 aromatic rings. The van der Waals surface area contributed by atoms with Gasteiger partial charge in [-0.2, -0.15) is 0 Å². The normalized spacial score (nSPS) is 16.4. The largest absolute Gasteiger partial charge is 0.489 e. The lowest BCUT2D eigenvalue weighted by Crippen LogP contribution is -1.94. The number of rotatable bonds is 1. The molecule has 3 heteroatoms. The Hall–Kier alpha value is -1.34. The SMILES string of the molecule is COC1=C=C([O])OC(C)=C1. The number of hydrogen-bond acceptors (Lipinski definition) is 2. The average molecular weight is 139 g/mol. The zero-order valence-electron chi connectivity index (χ0n) is 5.80. The van der Waals surface area contributed by atoms with Gasteiger partial charge >= 0.3 is 5.95 Å². The van der Waals surface area contributed by atoms with E-state index in [1.165, 1.54) is 7.11 Å². The molecule has 0 saturated heterocycles. The summed E-state index contributed by atoms with van der Waals surface area (Å²) in [7, 11) is 1.48. The molecule has 1 aliphatic rings. The third kappa shape index (κ3) is 1.33. The lowest BCUT2D eigenvalue weighted by molar-refractivity contribution is 0.0915. The van der Waals surface area contributed by atoms with Gasteiger partial charge in [-0.3, -0.25) is 0 Å². The Kier molecular flexibility index (Phi) is 1.69. The first-order valence-corrected chi connectivity index (χ1v) is 2.80. The topological polar surface area (TPSA) is 38.4 Å². The molecule has 0 spiro atoms. The molecule has 53 valence electrons. The predicted molar refractivity (Wildman–Crippen MR) is 33.1 cm³/mol. The highest BCUT2D eigenvalue weighted by atomic mass is 16.6. The maximum atomic E-state index is 10.6. The van der Waals surface area contributed by atoms with Gasteiger partial charge in [0, 0.05) is 11.8 Å². The van der Waals surface area contributed by atoms with Crippen LogP contribution in [0, 0.1) is 0 Å². The van der Waals surface area contributed by atoms with Gasteiger partial charge in [0.15, 0.2) is 5.76 Å². The third-order valence-corrected chi connectivity index (χ3v) is 1.03. The maximum Gasteiger partial charge on any atom is 0.385 e. The Labute approximate surface area is 58.9 Å². The number of hydrogen-bond donors (Lipinski definition) is 0. The molecule has 0 amide bonds. The summed E-state index contributed by atoms with van der Waals surface area (Å²) >= 11 is 0. The van der Waals surface area contributed by atoms with E-state index in [0.717, 1.165) is 0 Å². The highest BCUT2D eigenvalue weighted by Crippen LogP contribution is 2.12. The fraction of sp³-hybridized carbons (Fsp3) is 0.286. The summed E-state index contributed by atoms with van der Waals surface area (Å²) in [4.78, 5) is 0. The van der Waals surface area contributed by atoms with Crippen LogP contribution in [0.15, 0.2) is 29.3 Å². The van der Waals surface area contributed by atoms with Crippen molar-refractivity contribution in [2.75, 3.05) is 7.11 Å². The van der Waals surface area contributed by atoms with Crippen molar-refractivity contribution >= 4 is 0 Å². The fourth-order valence-electron chi connectivity index (χ4n) is 0.632. The lowest BCUT2D eigenvalue weighted by atomic mass is 10.4. The Bertz CT molecular complexity index is 231.